The molecule has 0 aromatic rings. The average molecular weight is 128 g/mol. The molecular formula is C5H8N2O2. The quantitative estimate of drug-likeness (QED) is 0.500. The van der Waals surface area contributed by atoms with Crippen molar-refractivity contribution in [2.45, 2.75) is 19.6 Å². The van der Waals surface area contributed by atoms with Crippen LogP contribution in [0.25, 0.3) is 0 Å². The molecule has 1 heterocycles. The minimum Gasteiger partial charge on any atom is -0.440 e. The molecule has 1 aliphatic heterocycles. The first-order chi connectivity index (χ1) is 4.29. The summed E-state index contributed by atoms with van der Waals surface area (Å²) in [4.78, 5) is 10.3. The van der Waals surface area contributed by atoms with Crippen LogP contribution >= 0.6 is 0 Å². The number of hydrogen-bond acceptors (Lipinski definition) is 4. The lowest BCUT2D eigenvalue weighted by atomic mass is 10.4. The molecule has 0 aromatic carbocycles. The lowest BCUT2D eigenvalue weighted by Crippen LogP contribution is -2.24. The molecule has 1 rings (SSSR count). The van der Waals surface area contributed by atoms with E-state index in [0.717, 1.165) is 0 Å². The van der Waals surface area contributed by atoms with Gasteiger partial charge in [-0.2, -0.15) is 5.10 Å². The number of nitrogens with zero attached hydrogens (tertiary/aromatic N) is 1. The molecule has 0 aromatic heterocycles. The van der Waals surface area contributed by atoms with Crippen LogP contribution < -0.4 is 5.43 Å². The molecule has 50 valence electrons. The number of hydrogen-bond donors (Lipinski definition) is 1. The summed E-state index contributed by atoms with van der Waals surface area (Å²) >= 11 is 0. The summed E-state index contributed by atoms with van der Waals surface area (Å²) in [6.45, 7) is 1.38. The Morgan fingerprint density at radius 1 is 2.00 bits per heavy atom. The predicted molar refractivity (Wildman–Crippen MR) is 31.8 cm³/mol. The first kappa shape index (κ1) is 6.07. The smallest absolute Gasteiger partial charge is 0.304 e. The molecule has 4 heteroatoms. The summed E-state index contributed by atoms with van der Waals surface area (Å²) in [7, 11) is 0. The van der Waals surface area contributed by atoms with Crippen molar-refractivity contribution in [2.75, 3.05) is 0 Å². The van der Waals surface area contributed by atoms with Gasteiger partial charge in [0.05, 0.1) is 0 Å². The van der Waals surface area contributed by atoms with Gasteiger partial charge in [0.1, 0.15) is 0 Å². The highest BCUT2D eigenvalue weighted by Gasteiger charge is 2.11. The van der Waals surface area contributed by atoms with E-state index in [4.69, 9.17) is 4.74 Å². The lowest BCUT2D eigenvalue weighted by molar-refractivity contribution is -0.147. The molecule has 1 aliphatic rings. The Morgan fingerprint density at radius 3 is 3.22 bits per heavy atom. The van der Waals surface area contributed by atoms with Crippen LogP contribution in [0, 0.1) is 0 Å². The number of carbonyl (C=O) groups is 1. The maximum atomic E-state index is 10.3. The van der Waals surface area contributed by atoms with Crippen molar-refractivity contribution in [3.63, 3.8) is 0 Å². The van der Waals surface area contributed by atoms with E-state index in [0.29, 0.717) is 6.42 Å². The molecule has 0 fully saturated rings. The number of nitrogens with one attached hydrogen (secondary N) is 1. The van der Waals surface area contributed by atoms with Crippen molar-refractivity contribution in [1.82, 2.24) is 5.43 Å². The third kappa shape index (κ3) is 1.71. The molecule has 0 saturated heterocycles. The second-order valence-corrected chi connectivity index (χ2v) is 1.77. The van der Waals surface area contributed by atoms with Crippen molar-refractivity contribution in [1.29, 1.82) is 0 Å². The highest BCUT2D eigenvalue weighted by molar-refractivity contribution is 5.67. The molecule has 0 amide bonds. The van der Waals surface area contributed by atoms with Gasteiger partial charge in [-0.05, 0) is 0 Å². The number of carbonyl (C=O) groups excluding carboxylic acids is 1. The van der Waals surface area contributed by atoms with Gasteiger partial charge in [-0.3, -0.25) is 10.2 Å². The Hall–Kier alpha value is -1.06. The molecule has 0 radical (unpaired) electrons. The molecule has 0 bridgehead atoms. The van der Waals surface area contributed by atoms with Crippen LogP contribution in [0.1, 0.15) is 13.3 Å². The Kier molecular flexibility index (Phi) is 1.67. The Balaban J connectivity index is 2.22. The van der Waals surface area contributed by atoms with Gasteiger partial charge in [0.2, 0.25) is 0 Å². The van der Waals surface area contributed by atoms with Gasteiger partial charge in [-0.15, -0.1) is 0 Å². The average Bonchev–Trinajstić information content (AvgIpc) is 2.15. The van der Waals surface area contributed by atoms with Gasteiger partial charge in [-0.25, -0.2) is 0 Å². The van der Waals surface area contributed by atoms with Crippen LogP contribution in [0.2, 0.25) is 0 Å². The normalized spacial score (nSPS) is 23.4. The molecule has 1 atom stereocenters. The second-order valence-electron chi connectivity index (χ2n) is 1.77. The van der Waals surface area contributed by atoms with Crippen molar-refractivity contribution < 1.29 is 9.53 Å². The monoisotopic (exact) mass is 128 g/mol. The van der Waals surface area contributed by atoms with Crippen LogP contribution in [-0.2, 0) is 9.53 Å². The minimum absolute atomic E-state index is 0.234. The Bertz CT molecular complexity index is 136. The van der Waals surface area contributed by atoms with E-state index in [1.54, 1.807) is 6.21 Å². The molecule has 0 spiro atoms. The van der Waals surface area contributed by atoms with E-state index >= 15 is 0 Å². The van der Waals surface area contributed by atoms with E-state index in [1.165, 1.54) is 6.92 Å². The largest absolute Gasteiger partial charge is 0.440 e. The van der Waals surface area contributed by atoms with Crippen molar-refractivity contribution in [2.24, 2.45) is 5.10 Å². The maximum absolute atomic E-state index is 10.3. The third-order valence-electron chi connectivity index (χ3n) is 0.938. The first-order valence-corrected chi connectivity index (χ1v) is 2.73. The van der Waals surface area contributed by atoms with E-state index in [2.05, 4.69) is 10.5 Å². The van der Waals surface area contributed by atoms with Crippen molar-refractivity contribution in [3.05, 3.63) is 0 Å². The molecule has 0 saturated carbocycles. The molecule has 1 N–H and O–H groups in total. The summed E-state index contributed by atoms with van der Waals surface area (Å²) < 4.78 is 4.74. The maximum Gasteiger partial charge on any atom is 0.304 e. The zero-order valence-corrected chi connectivity index (χ0v) is 5.13. The summed E-state index contributed by atoms with van der Waals surface area (Å²) in [5.74, 6) is -0.280. The molecule has 9 heavy (non-hydrogen) atoms. The van der Waals surface area contributed by atoms with Gasteiger partial charge in [-0.1, -0.05) is 0 Å². The van der Waals surface area contributed by atoms with E-state index < -0.39 is 0 Å². The predicted octanol–water partition coefficient (Wildman–Crippen LogP) is -0.145. The van der Waals surface area contributed by atoms with E-state index in [-0.39, 0.29) is 12.2 Å². The van der Waals surface area contributed by atoms with Crippen LogP contribution in [0.15, 0.2) is 5.10 Å². The molecular weight excluding hydrogens is 120 g/mol. The van der Waals surface area contributed by atoms with Crippen LogP contribution in [0.5, 0.6) is 0 Å². The van der Waals surface area contributed by atoms with E-state index in [1.807, 2.05) is 0 Å². The summed E-state index contributed by atoms with van der Waals surface area (Å²) in [6.07, 6.45) is 2.11. The van der Waals surface area contributed by atoms with Gasteiger partial charge in [0.15, 0.2) is 6.23 Å². The number of hydrazone groups is 1. The number of esters is 1. The van der Waals surface area contributed by atoms with Gasteiger partial charge in [0, 0.05) is 19.6 Å². The molecule has 0 aliphatic carbocycles. The fourth-order valence-electron chi connectivity index (χ4n) is 0.612. The molecule has 1 unspecified atom stereocenters. The topological polar surface area (TPSA) is 50.7 Å². The van der Waals surface area contributed by atoms with E-state index in [9.17, 15) is 4.79 Å². The highest BCUT2D eigenvalue weighted by Crippen LogP contribution is 1.97. The summed E-state index contributed by atoms with van der Waals surface area (Å²) in [5.41, 5.74) is 2.61. The van der Waals surface area contributed by atoms with Crippen LogP contribution in [-0.4, -0.2) is 18.4 Å². The minimum atomic E-state index is -0.280. The zero-order chi connectivity index (χ0) is 6.69. The van der Waals surface area contributed by atoms with Gasteiger partial charge < -0.3 is 4.74 Å². The van der Waals surface area contributed by atoms with Crippen LogP contribution in [0.4, 0.5) is 0 Å². The second kappa shape index (κ2) is 2.48. The standard InChI is InChI=1S/C5H8N2O2/c1-4(8)9-5-2-3-6-7-5/h3,5,7H,2H2,1H3. The summed E-state index contributed by atoms with van der Waals surface area (Å²) in [6, 6.07) is 0. The molecule has 4 nitrogen and oxygen atoms in total. The third-order valence-corrected chi connectivity index (χ3v) is 0.938. The SMILES string of the molecule is CC(=O)OC1CC=NN1. The highest BCUT2D eigenvalue weighted by atomic mass is 16.6. The summed E-state index contributed by atoms with van der Waals surface area (Å²) in [5, 5.41) is 3.67. The van der Waals surface area contributed by atoms with Crippen molar-refractivity contribution in [3.8, 4) is 0 Å². The van der Waals surface area contributed by atoms with Gasteiger partial charge in [0.25, 0.3) is 0 Å². The number of rotatable bonds is 1. The Labute approximate surface area is 52.9 Å². The number of ether oxygens (including phenoxy) is 1. The van der Waals surface area contributed by atoms with Gasteiger partial charge >= 0.3 is 5.97 Å². The first-order valence-electron chi connectivity index (χ1n) is 2.73. The fraction of sp³-hybridized carbons (Fsp3) is 0.600. The van der Waals surface area contributed by atoms with Crippen molar-refractivity contribution >= 4 is 12.2 Å². The van der Waals surface area contributed by atoms with Crippen LogP contribution in [0.3, 0.4) is 0 Å². The lowest BCUT2D eigenvalue weighted by Gasteiger charge is -2.07. The Morgan fingerprint density at radius 2 is 2.78 bits per heavy atom. The zero-order valence-electron chi connectivity index (χ0n) is 5.13. The fourth-order valence-corrected chi connectivity index (χ4v) is 0.612.